The van der Waals surface area contributed by atoms with E-state index < -0.39 is 33.5 Å². The van der Waals surface area contributed by atoms with Gasteiger partial charge in [-0.15, -0.1) is 0 Å². The lowest BCUT2D eigenvalue weighted by atomic mass is 10.1. The number of aliphatic hydroxyl groups is 1. The number of pyridine rings is 1. The van der Waals surface area contributed by atoms with Crippen molar-refractivity contribution in [3.63, 3.8) is 0 Å². The Morgan fingerprint density at radius 3 is 2.70 bits per heavy atom. The maximum atomic E-state index is 12.4. The van der Waals surface area contributed by atoms with E-state index in [4.69, 9.17) is 11.6 Å². The summed E-state index contributed by atoms with van der Waals surface area (Å²) in [5.74, 6) is -1.23. The maximum absolute atomic E-state index is 12.4. The van der Waals surface area contributed by atoms with E-state index in [9.17, 15) is 23.1 Å². The molecule has 1 saturated heterocycles. The molecule has 1 aliphatic rings. The second-order valence-electron chi connectivity index (χ2n) is 5.66. The van der Waals surface area contributed by atoms with Crippen LogP contribution in [0.15, 0.2) is 17.1 Å². The van der Waals surface area contributed by atoms with Gasteiger partial charge in [0, 0.05) is 39.3 Å². The highest BCUT2D eigenvalue weighted by Crippen LogP contribution is 2.22. The summed E-state index contributed by atoms with van der Waals surface area (Å²) in [5, 5.41) is 9.93. The number of aliphatic hydroxyl groups excluding tert-OH is 1. The van der Waals surface area contributed by atoms with Crippen molar-refractivity contribution in [3.05, 3.63) is 33.2 Å². The van der Waals surface area contributed by atoms with Crippen molar-refractivity contribution >= 4 is 27.5 Å². The predicted octanol–water partition coefficient (Wildman–Crippen LogP) is -0.647. The van der Waals surface area contributed by atoms with Crippen molar-refractivity contribution in [2.45, 2.75) is 6.10 Å². The molecule has 0 radical (unpaired) electrons. The van der Waals surface area contributed by atoms with Gasteiger partial charge < -0.3 is 15.0 Å². The van der Waals surface area contributed by atoms with E-state index >= 15 is 0 Å². The highest BCUT2D eigenvalue weighted by Gasteiger charge is 2.37. The van der Waals surface area contributed by atoms with Crippen molar-refractivity contribution in [2.75, 3.05) is 32.9 Å². The molecule has 0 spiro atoms. The van der Waals surface area contributed by atoms with E-state index in [1.165, 1.54) is 31.3 Å². The number of likely N-dealkylation sites (tertiary alicyclic amines) is 1. The molecule has 8 nitrogen and oxygen atoms in total. The van der Waals surface area contributed by atoms with Gasteiger partial charge in [-0.25, -0.2) is 12.7 Å². The smallest absolute Gasteiger partial charge is 0.266 e. The summed E-state index contributed by atoms with van der Waals surface area (Å²) in [6.45, 7) is 0.146. The number of halogens is 1. The monoisotopic (exact) mass is 363 g/mol. The molecule has 0 unspecified atom stereocenters. The summed E-state index contributed by atoms with van der Waals surface area (Å²) in [5.41, 5.74) is -0.322. The van der Waals surface area contributed by atoms with E-state index in [1.807, 2.05) is 0 Å². The Morgan fingerprint density at radius 1 is 1.48 bits per heavy atom. The number of β-amino-alcohol motifs (C(OH)–C–C–N with tert-alkyl or cyclic N) is 1. The Hall–Kier alpha value is -1.42. The number of nitrogens with one attached hydrogen (secondary N) is 1. The van der Waals surface area contributed by atoms with E-state index in [-0.39, 0.29) is 29.4 Å². The number of amides is 1. The summed E-state index contributed by atoms with van der Waals surface area (Å²) in [4.78, 5) is 27.3. The Kier molecular flexibility index (Phi) is 5.14. The molecule has 0 aliphatic carbocycles. The normalized spacial score (nSPS) is 21.9. The highest BCUT2D eigenvalue weighted by molar-refractivity contribution is 7.89. The molecule has 2 rings (SSSR count). The zero-order valence-electron chi connectivity index (χ0n) is 12.7. The summed E-state index contributed by atoms with van der Waals surface area (Å²) in [7, 11) is -0.637. The fraction of sp³-hybridized carbons (Fsp3) is 0.538. The number of hydrogen-bond donors (Lipinski definition) is 2. The first-order chi connectivity index (χ1) is 10.6. The molecule has 1 aromatic rings. The van der Waals surface area contributed by atoms with Crippen LogP contribution in [-0.2, 0) is 10.0 Å². The van der Waals surface area contributed by atoms with Gasteiger partial charge in [-0.2, -0.15) is 0 Å². The number of carbonyl (C=O) groups excluding carboxylic acids is 1. The largest absolute Gasteiger partial charge is 0.391 e. The Morgan fingerprint density at radius 2 is 2.13 bits per heavy atom. The fourth-order valence-corrected chi connectivity index (χ4v) is 3.70. The van der Waals surface area contributed by atoms with Gasteiger partial charge in [-0.1, -0.05) is 11.6 Å². The van der Waals surface area contributed by atoms with Crippen molar-refractivity contribution < 1.29 is 18.3 Å². The van der Waals surface area contributed by atoms with Crippen LogP contribution in [0.5, 0.6) is 0 Å². The van der Waals surface area contributed by atoms with Crippen molar-refractivity contribution in [1.29, 1.82) is 0 Å². The molecule has 1 aliphatic heterocycles. The number of aromatic nitrogens is 1. The maximum Gasteiger partial charge on any atom is 0.266 e. The Labute approximate surface area is 138 Å². The lowest BCUT2D eigenvalue weighted by molar-refractivity contribution is 0.0764. The molecular weight excluding hydrogens is 346 g/mol. The molecule has 0 saturated carbocycles. The molecule has 0 bridgehead atoms. The zero-order chi connectivity index (χ0) is 17.4. The second kappa shape index (κ2) is 6.60. The first-order valence-corrected chi connectivity index (χ1v) is 8.86. The predicted molar refractivity (Wildman–Crippen MR) is 84.9 cm³/mol. The summed E-state index contributed by atoms with van der Waals surface area (Å²) < 4.78 is 24.9. The third kappa shape index (κ3) is 3.92. The van der Waals surface area contributed by atoms with Crippen molar-refractivity contribution in [2.24, 2.45) is 5.92 Å². The standard InChI is InChI=1S/C13H18ClN3O5S/c1-16(2)23(21,22)7-9-5-17(6-11(9)18)13(20)8-3-10(14)12(19)15-4-8/h3-4,9,11,18H,5-7H2,1-2H3,(H,15,19)/t9-,11-/m0/s1. The quantitative estimate of drug-likeness (QED) is 0.738. The summed E-state index contributed by atoms with van der Waals surface area (Å²) in [6, 6.07) is 1.25. The molecule has 128 valence electrons. The molecule has 23 heavy (non-hydrogen) atoms. The number of rotatable bonds is 4. The van der Waals surface area contributed by atoms with E-state index in [2.05, 4.69) is 4.98 Å². The van der Waals surface area contributed by atoms with Gasteiger partial charge in [0.05, 0.1) is 17.4 Å². The number of hydrogen-bond acceptors (Lipinski definition) is 5. The number of carbonyl (C=O) groups is 1. The molecule has 1 aromatic heterocycles. The number of H-pyrrole nitrogens is 1. The topological polar surface area (TPSA) is 111 Å². The van der Waals surface area contributed by atoms with E-state index in [0.717, 1.165) is 4.31 Å². The van der Waals surface area contributed by atoms with Crippen LogP contribution in [0.3, 0.4) is 0 Å². The van der Waals surface area contributed by atoms with E-state index in [0.29, 0.717) is 0 Å². The second-order valence-corrected chi connectivity index (χ2v) is 8.30. The summed E-state index contributed by atoms with van der Waals surface area (Å²) in [6.07, 6.45) is 0.319. The van der Waals surface area contributed by atoms with Gasteiger partial charge in [-0.3, -0.25) is 9.59 Å². The number of aromatic amines is 1. The summed E-state index contributed by atoms with van der Waals surface area (Å²) >= 11 is 5.70. The SMILES string of the molecule is CN(C)S(=O)(=O)C[C@@H]1CN(C(=O)c2c[nH]c(=O)c(Cl)c2)C[C@@H]1O. The average molecular weight is 364 g/mol. The molecule has 1 fully saturated rings. The number of nitrogens with zero attached hydrogens (tertiary/aromatic N) is 2. The van der Waals surface area contributed by atoms with Gasteiger partial charge in [-0.05, 0) is 6.07 Å². The Balaban J connectivity index is 2.13. The third-order valence-corrected chi connectivity index (χ3v) is 6.02. The van der Waals surface area contributed by atoms with Crippen LogP contribution in [0.1, 0.15) is 10.4 Å². The van der Waals surface area contributed by atoms with Crippen LogP contribution < -0.4 is 5.56 Å². The minimum atomic E-state index is -3.47. The lowest BCUT2D eigenvalue weighted by Gasteiger charge is -2.18. The highest BCUT2D eigenvalue weighted by atomic mass is 35.5. The molecule has 10 heteroatoms. The van der Waals surface area contributed by atoms with Crippen molar-refractivity contribution in [3.8, 4) is 0 Å². The van der Waals surface area contributed by atoms with Gasteiger partial charge >= 0.3 is 0 Å². The third-order valence-electron chi connectivity index (χ3n) is 3.78. The van der Waals surface area contributed by atoms with E-state index in [1.54, 1.807) is 0 Å². The molecule has 2 N–H and O–H groups in total. The lowest BCUT2D eigenvalue weighted by Crippen LogP contribution is -2.33. The van der Waals surface area contributed by atoms with Crippen LogP contribution >= 0.6 is 11.6 Å². The first kappa shape index (κ1) is 17.9. The van der Waals surface area contributed by atoms with Crippen LogP contribution in [0.4, 0.5) is 0 Å². The first-order valence-electron chi connectivity index (χ1n) is 6.87. The zero-order valence-corrected chi connectivity index (χ0v) is 14.3. The van der Waals surface area contributed by atoms with Gasteiger partial charge in [0.15, 0.2) is 0 Å². The van der Waals surface area contributed by atoms with Gasteiger partial charge in [0.1, 0.15) is 5.02 Å². The minimum Gasteiger partial charge on any atom is -0.391 e. The average Bonchev–Trinajstić information content (AvgIpc) is 2.81. The van der Waals surface area contributed by atoms with Crippen LogP contribution in [-0.4, -0.2) is 72.7 Å². The van der Waals surface area contributed by atoms with Crippen molar-refractivity contribution in [1.82, 2.24) is 14.2 Å². The van der Waals surface area contributed by atoms with Crippen LogP contribution in [0.25, 0.3) is 0 Å². The van der Waals surface area contributed by atoms with Gasteiger partial charge in [0.2, 0.25) is 10.0 Å². The Bertz CT molecular complexity index is 761. The molecule has 1 amide bonds. The molecule has 0 aromatic carbocycles. The van der Waals surface area contributed by atoms with Crippen LogP contribution in [0, 0.1) is 5.92 Å². The van der Waals surface area contributed by atoms with Crippen LogP contribution in [0.2, 0.25) is 5.02 Å². The van der Waals surface area contributed by atoms with Gasteiger partial charge in [0.25, 0.3) is 11.5 Å². The minimum absolute atomic E-state index is 0.0309. The molecular formula is C13H18ClN3O5S. The fourth-order valence-electron chi connectivity index (χ4n) is 2.37. The number of sulfonamides is 1. The molecule has 2 atom stereocenters. The molecule has 2 heterocycles.